The number of anilines is 1. The first-order chi connectivity index (χ1) is 7.77. The van der Waals surface area contributed by atoms with Crippen molar-refractivity contribution in [2.75, 3.05) is 5.32 Å². The maximum atomic E-state index is 12.0. The van der Waals surface area contributed by atoms with Crippen molar-refractivity contribution in [2.45, 2.75) is 41.0 Å². The molecule has 1 amide bonds. The average molecular weight is 298 g/mol. The highest BCUT2D eigenvalue weighted by atomic mass is 79.9. The molecule has 0 atom stereocenters. The zero-order valence-electron chi connectivity index (χ0n) is 11.1. The molecule has 0 spiro atoms. The van der Waals surface area contributed by atoms with Gasteiger partial charge in [-0.3, -0.25) is 4.79 Å². The molecule has 1 N–H and O–H groups in total. The van der Waals surface area contributed by atoms with E-state index in [1.165, 1.54) is 0 Å². The predicted molar refractivity (Wildman–Crippen MR) is 76.3 cm³/mol. The number of hydrogen-bond acceptors (Lipinski definition) is 1. The summed E-state index contributed by atoms with van der Waals surface area (Å²) in [5, 5.41) is 2.98. The number of halogens is 1. The Labute approximate surface area is 112 Å². The molecule has 94 valence electrons. The first-order valence-electron chi connectivity index (χ1n) is 5.86. The molecule has 0 radical (unpaired) electrons. The van der Waals surface area contributed by atoms with E-state index in [-0.39, 0.29) is 11.3 Å². The summed E-state index contributed by atoms with van der Waals surface area (Å²) in [7, 11) is 0. The first kappa shape index (κ1) is 14.2. The third-order valence-electron chi connectivity index (χ3n) is 3.19. The zero-order valence-corrected chi connectivity index (χ0v) is 12.7. The van der Waals surface area contributed by atoms with Crippen LogP contribution in [0.15, 0.2) is 16.6 Å². The zero-order chi connectivity index (χ0) is 13.2. The van der Waals surface area contributed by atoms with E-state index < -0.39 is 0 Å². The van der Waals surface area contributed by atoms with Crippen molar-refractivity contribution < 1.29 is 4.79 Å². The molecule has 0 aliphatic heterocycles. The summed E-state index contributed by atoms with van der Waals surface area (Å²) in [4.78, 5) is 12.0. The monoisotopic (exact) mass is 297 g/mol. The van der Waals surface area contributed by atoms with Gasteiger partial charge in [0.05, 0.1) is 0 Å². The fraction of sp³-hybridized carbons (Fsp3) is 0.500. The van der Waals surface area contributed by atoms with Gasteiger partial charge in [0.25, 0.3) is 0 Å². The van der Waals surface area contributed by atoms with Gasteiger partial charge in [0, 0.05) is 15.6 Å². The van der Waals surface area contributed by atoms with Gasteiger partial charge < -0.3 is 5.32 Å². The predicted octanol–water partition coefficient (Wildman–Crippen LogP) is 4.44. The Hall–Kier alpha value is -0.830. The van der Waals surface area contributed by atoms with Crippen LogP contribution in [0.25, 0.3) is 0 Å². The van der Waals surface area contributed by atoms with E-state index in [0.717, 1.165) is 27.7 Å². The van der Waals surface area contributed by atoms with Gasteiger partial charge in [-0.1, -0.05) is 36.7 Å². The Balaban J connectivity index is 2.94. The van der Waals surface area contributed by atoms with E-state index in [0.29, 0.717) is 0 Å². The maximum Gasteiger partial charge on any atom is 0.230 e. The van der Waals surface area contributed by atoms with Crippen LogP contribution in [0.4, 0.5) is 5.69 Å². The van der Waals surface area contributed by atoms with Crippen LogP contribution in [0.3, 0.4) is 0 Å². The molecule has 17 heavy (non-hydrogen) atoms. The molecule has 0 aliphatic rings. The SMILES string of the molecule is CCC(C)(C)C(=O)Nc1cc(C)c(Br)c(C)c1. The molecule has 0 bridgehead atoms. The third kappa shape index (κ3) is 3.32. The van der Waals surface area contributed by atoms with Crippen molar-refractivity contribution in [3.05, 3.63) is 27.7 Å². The molecule has 1 aromatic rings. The first-order valence-corrected chi connectivity index (χ1v) is 6.65. The second kappa shape index (κ2) is 5.21. The number of nitrogens with one attached hydrogen (secondary N) is 1. The van der Waals surface area contributed by atoms with Crippen molar-refractivity contribution in [1.82, 2.24) is 0 Å². The summed E-state index contributed by atoms with van der Waals surface area (Å²) in [5.74, 6) is 0.0705. The van der Waals surface area contributed by atoms with Gasteiger partial charge in [0.2, 0.25) is 5.91 Å². The van der Waals surface area contributed by atoms with Gasteiger partial charge in [-0.15, -0.1) is 0 Å². The lowest BCUT2D eigenvalue weighted by Crippen LogP contribution is -2.30. The summed E-state index contributed by atoms with van der Waals surface area (Å²) >= 11 is 3.52. The summed E-state index contributed by atoms with van der Waals surface area (Å²) in [6.07, 6.45) is 0.827. The second-order valence-electron chi connectivity index (χ2n) is 5.12. The van der Waals surface area contributed by atoms with Gasteiger partial charge in [-0.2, -0.15) is 0 Å². The molecule has 0 saturated carbocycles. The number of hydrogen-bond donors (Lipinski definition) is 1. The number of carbonyl (C=O) groups is 1. The number of aryl methyl sites for hydroxylation is 2. The fourth-order valence-corrected chi connectivity index (χ4v) is 1.71. The minimum Gasteiger partial charge on any atom is -0.326 e. The molecular formula is C14H20BrNO. The van der Waals surface area contributed by atoms with Gasteiger partial charge >= 0.3 is 0 Å². The molecule has 1 rings (SSSR count). The van der Waals surface area contributed by atoms with Gasteiger partial charge in [-0.25, -0.2) is 0 Å². The molecule has 1 aromatic carbocycles. The van der Waals surface area contributed by atoms with Gasteiger partial charge in [0.15, 0.2) is 0 Å². The van der Waals surface area contributed by atoms with Crippen molar-refractivity contribution in [2.24, 2.45) is 5.41 Å². The molecule has 0 aromatic heterocycles. The van der Waals surface area contributed by atoms with Crippen LogP contribution in [-0.4, -0.2) is 5.91 Å². The molecule has 0 saturated heterocycles. The van der Waals surface area contributed by atoms with E-state index in [2.05, 4.69) is 21.2 Å². The maximum absolute atomic E-state index is 12.0. The fourth-order valence-electron chi connectivity index (χ4n) is 1.48. The number of amides is 1. The number of benzene rings is 1. The summed E-state index contributed by atoms with van der Waals surface area (Å²) in [5.41, 5.74) is 2.81. The quantitative estimate of drug-likeness (QED) is 0.878. The smallest absolute Gasteiger partial charge is 0.230 e. The normalized spacial score (nSPS) is 11.4. The lowest BCUT2D eigenvalue weighted by Gasteiger charge is -2.22. The van der Waals surface area contributed by atoms with E-state index in [1.807, 2.05) is 46.8 Å². The number of rotatable bonds is 3. The third-order valence-corrected chi connectivity index (χ3v) is 4.44. The van der Waals surface area contributed by atoms with Crippen LogP contribution in [-0.2, 0) is 4.79 Å². The largest absolute Gasteiger partial charge is 0.326 e. The Bertz CT molecular complexity index is 415. The van der Waals surface area contributed by atoms with Crippen molar-refractivity contribution in [3.63, 3.8) is 0 Å². The Morgan fingerprint density at radius 3 is 2.18 bits per heavy atom. The van der Waals surface area contributed by atoms with Crippen LogP contribution < -0.4 is 5.32 Å². The van der Waals surface area contributed by atoms with Crippen LogP contribution in [0, 0.1) is 19.3 Å². The molecule has 0 unspecified atom stereocenters. The molecule has 0 fully saturated rings. The van der Waals surface area contributed by atoms with Crippen molar-refractivity contribution in [3.8, 4) is 0 Å². The molecule has 0 aliphatic carbocycles. The van der Waals surface area contributed by atoms with Crippen LogP contribution in [0.1, 0.15) is 38.3 Å². The Morgan fingerprint density at radius 2 is 1.76 bits per heavy atom. The summed E-state index contributed by atoms with van der Waals surface area (Å²) in [6.45, 7) is 9.99. The van der Waals surface area contributed by atoms with Crippen LogP contribution >= 0.6 is 15.9 Å². The standard InChI is InChI=1S/C14H20BrNO/c1-6-14(4,5)13(17)16-11-7-9(2)12(15)10(3)8-11/h7-8H,6H2,1-5H3,(H,16,17). The Kier molecular flexibility index (Phi) is 4.36. The lowest BCUT2D eigenvalue weighted by atomic mass is 9.89. The van der Waals surface area contributed by atoms with Crippen molar-refractivity contribution >= 4 is 27.5 Å². The molecule has 0 heterocycles. The highest BCUT2D eigenvalue weighted by Gasteiger charge is 2.25. The summed E-state index contributed by atoms with van der Waals surface area (Å²) < 4.78 is 1.10. The molecular weight excluding hydrogens is 278 g/mol. The highest BCUT2D eigenvalue weighted by molar-refractivity contribution is 9.10. The van der Waals surface area contributed by atoms with Crippen molar-refractivity contribution in [1.29, 1.82) is 0 Å². The topological polar surface area (TPSA) is 29.1 Å². The summed E-state index contributed by atoms with van der Waals surface area (Å²) in [6, 6.07) is 3.97. The van der Waals surface area contributed by atoms with Crippen LogP contribution in [0.5, 0.6) is 0 Å². The van der Waals surface area contributed by atoms with E-state index >= 15 is 0 Å². The Morgan fingerprint density at radius 1 is 1.29 bits per heavy atom. The second-order valence-corrected chi connectivity index (χ2v) is 5.91. The lowest BCUT2D eigenvalue weighted by molar-refractivity contribution is -0.124. The van der Waals surface area contributed by atoms with Gasteiger partial charge in [0.1, 0.15) is 0 Å². The molecule has 2 nitrogen and oxygen atoms in total. The number of carbonyl (C=O) groups excluding carboxylic acids is 1. The minimum atomic E-state index is -0.325. The van der Waals surface area contributed by atoms with E-state index in [4.69, 9.17) is 0 Å². The van der Waals surface area contributed by atoms with Crippen LogP contribution in [0.2, 0.25) is 0 Å². The minimum absolute atomic E-state index is 0.0705. The van der Waals surface area contributed by atoms with E-state index in [9.17, 15) is 4.79 Å². The molecule has 3 heteroatoms. The van der Waals surface area contributed by atoms with Gasteiger partial charge in [-0.05, 0) is 43.5 Å². The van der Waals surface area contributed by atoms with E-state index in [1.54, 1.807) is 0 Å². The average Bonchev–Trinajstić information content (AvgIpc) is 2.25. The highest BCUT2D eigenvalue weighted by Crippen LogP contribution is 2.27.